The molecule has 1 aromatic carbocycles. The van der Waals surface area contributed by atoms with Crippen LogP contribution in [-0.4, -0.2) is 16.0 Å². The number of nitrogens with two attached hydrogens (primary N) is 2. The molecule has 1 atom stereocenters. The Hall–Kier alpha value is -2.80. The van der Waals surface area contributed by atoms with Crippen LogP contribution in [-0.2, 0) is 5.79 Å². The van der Waals surface area contributed by atoms with Crippen LogP contribution in [0.4, 0.5) is 5.69 Å². The van der Waals surface area contributed by atoms with E-state index in [9.17, 15) is 0 Å². The number of rotatable bonds is 1. The van der Waals surface area contributed by atoms with Gasteiger partial charge in [0.05, 0.1) is 17.5 Å². The van der Waals surface area contributed by atoms with Gasteiger partial charge in [-0.25, -0.2) is 4.99 Å². The average molecular weight is 282 g/mol. The largest absolute Gasteiger partial charge is 0.459 e. The number of fused-ring (bicyclic) bond motifs is 2. The van der Waals surface area contributed by atoms with Crippen LogP contribution in [0.25, 0.3) is 10.9 Å². The summed E-state index contributed by atoms with van der Waals surface area (Å²) in [5.74, 6) is -0.357. The lowest BCUT2D eigenvalue weighted by molar-refractivity contribution is 0.511. The Morgan fingerprint density at radius 2 is 2.14 bits per heavy atom. The topological polar surface area (TPSA) is 118 Å². The third kappa shape index (κ3) is 1.64. The van der Waals surface area contributed by atoms with E-state index in [-0.39, 0.29) is 5.84 Å². The lowest BCUT2D eigenvalue weighted by Crippen LogP contribution is -2.47. The molecule has 21 heavy (non-hydrogen) atoms. The first kappa shape index (κ1) is 12.0. The maximum Gasteiger partial charge on any atom is 0.211 e. The summed E-state index contributed by atoms with van der Waals surface area (Å²) >= 11 is 0. The third-order valence-electron chi connectivity index (χ3n) is 3.71. The first-order chi connectivity index (χ1) is 10.1. The maximum atomic E-state index is 6.38. The fourth-order valence-corrected chi connectivity index (χ4v) is 2.60. The first-order valence-corrected chi connectivity index (χ1v) is 6.52. The molecule has 0 amide bonds. The second-order valence-corrected chi connectivity index (χ2v) is 5.13. The molecule has 0 saturated heterocycles. The summed E-state index contributed by atoms with van der Waals surface area (Å²) < 4.78 is 5.28. The van der Waals surface area contributed by atoms with Gasteiger partial charge in [-0.2, -0.15) is 5.10 Å². The number of aromatic amines is 1. The minimum absolute atomic E-state index is 0.273. The van der Waals surface area contributed by atoms with Gasteiger partial charge in [0, 0.05) is 22.7 Å². The van der Waals surface area contributed by atoms with Crippen LogP contribution in [0.15, 0.2) is 39.9 Å². The number of aryl methyl sites for hydroxylation is 1. The quantitative estimate of drug-likeness (QED) is 0.537. The molecule has 6 N–H and O–H groups in total. The summed E-state index contributed by atoms with van der Waals surface area (Å²) in [5, 5.41) is 11.4. The Balaban J connectivity index is 1.86. The summed E-state index contributed by atoms with van der Waals surface area (Å²) in [6.07, 6.45) is 1.55. The van der Waals surface area contributed by atoms with Crippen LogP contribution >= 0.6 is 0 Å². The zero-order chi connectivity index (χ0) is 14.6. The predicted octanol–water partition coefficient (Wildman–Crippen LogP) is 1.36. The number of benzene rings is 1. The highest BCUT2D eigenvalue weighted by atomic mass is 16.3. The molecule has 0 spiro atoms. The third-order valence-corrected chi connectivity index (χ3v) is 3.71. The summed E-state index contributed by atoms with van der Waals surface area (Å²) in [6, 6.07) is 7.56. The molecule has 106 valence electrons. The van der Waals surface area contributed by atoms with Gasteiger partial charge in [-0.1, -0.05) is 12.1 Å². The molecular weight excluding hydrogens is 268 g/mol. The van der Waals surface area contributed by atoms with Crippen molar-refractivity contribution in [1.29, 1.82) is 0 Å². The standard InChI is InChI=1S/C14H14N6O/c1-7-9-3-2-8(6-11(9)20-19-7)14(16)17-10-4-5-21-12(10)13(15)18-14/h2-6,17H,16H2,1H3,(H2,15,18)(H,19,20). The number of hydrogen-bond acceptors (Lipinski definition) is 6. The van der Waals surface area contributed by atoms with Crippen molar-refractivity contribution in [2.75, 3.05) is 5.32 Å². The fourth-order valence-electron chi connectivity index (χ4n) is 2.60. The highest BCUT2D eigenvalue weighted by molar-refractivity contribution is 6.01. The van der Waals surface area contributed by atoms with E-state index in [4.69, 9.17) is 15.9 Å². The first-order valence-electron chi connectivity index (χ1n) is 6.52. The predicted molar refractivity (Wildman–Crippen MR) is 79.8 cm³/mol. The van der Waals surface area contributed by atoms with E-state index in [1.165, 1.54) is 0 Å². The molecule has 0 fully saturated rings. The van der Waals surface area contributed by atoms with Gasteiger partial charge in [0.25, 0.3) is 0 Å². The molecule has 0 bridgehead atoms. The SMILES string of the molecule is Cc1[nH]nc2cc(C3(N)N=C(N)c4occc4N3)ccc12. The molecule has 3 aromatic rings. The van der Waals surface area contributed by atoms with Crippen molar-refractivity contribution in [2.45, 2.75) is 12.7 Å². The van der Waals surface area contributed by atoms with E-state index in [1.807, 2.05) is 25.1 Å². The molecule has 0 aliphatic carbocycles. The Kier molecular flexibility index (Phi) is 2.20. The Morgan fingerprint density at radius 1 is 1.29 bits per heavy atom. The van der Waals surface area contributed by atoms with Gasteiger partial charge in [-0.15, -0.1) is 0 Å². The highest BCUT2D eigenvalue weighted by Gasteiger charge is 2.34. The van der Waals surface area contributed by atoms with Gasteiger partial charge < -0.3 is 15.5 Å². The lowest BCUT2D eigenvalue weighted by atomic mass is 10.0. The minimum Gasteiger partial charge on any atom is -0.459 e. The summed E-state index contributed by atoms with van der Waals surface area (Å²) in [4.78, 5) is 4.34. The van der Waals surface area contributed by atoms with Crippen LogP contribution in [0.1, 0.15) is 17.0 Å². The number of nitrogens with one attached hydrogen (secondary N) is 2. The average Bonchev–Trinajstić information content (AvgIpc) is 3.06. The van der Waals surface area contributed by atoms with Crippen molar-refractivity contribution in [3.8, 4) is 0 Å². The van der Waals surface area contributed by atoms with Crippen molar-refractivity contribution in [3.63, 3.8) is 0 Å². The van der Waals surface area contributed by atoms with Gasteiger partial charge in [-0.3, -0.25) is 10.8 Å². The van der Waals surface area contributed by atoms with Gasteiger partial charge in [0.15, 0.2) is 11.6 Å². The van der Waals surface area contributed by atoms with E-state index in [1.54, 1.807) is 12.3 Å². The second-order valence-electron chi connectivity index (χ2n) is 5.13. The van der Waals surface area contributed by atoms with E-state index >= 15 is 0 Å². The van der Waals surface area contributed by atoms with E-state index in [0.29, 0.717) is 5.76 Å². The Bertz CT molecular complexity index is 877. The van der Waals surface area contributed by atoms with Gasteiger partial charge in [0.1, 0.15) is 0 Å². The number of H-pyrrole nitrogens is 1. The summed E-state index contributed by atoms with van der Waals surface area (Å²) in [5.41, 5.74) is 15.7. The smallest absolute Gasteiger partial charge is 0.211 e. The van der Waals surface area contributed by atoms with Gasteiger partial charge in [0.2, 0.25) is 5.79 Å². The van der Waals surface area contributed by atoms with Crippen molar-refractivity contribution in [2.24, 2.45) is 16.5 Å². The zero-order valence-electron chi connectivity index (χ0n) is 11.3. The maximum absolute atomic E-state index is 6.38. The number of amidine groups is 1. The molecule has 0 saturated carbocycles. The Morgan fingerprint density at radius 3 is 3.00 bits per heavy atom. The number of furan rings is 1. The second kappa shape index (κ2) is 3.86. The van der Waals surface area contributed by atoms with Crippen molar-refractivity contribution in [1.82, 2.24) is 10.2 Å². The van der Waals surface area contributed by atoms with E-state index in [0.717, 1.165) is 27.8 Å². The van der Waals surface area contributed by atoms with Crippen LogP contribution in [0.3, 0.4) is 0 Å². The molecule has 4 rings (SSSR count). The number of aliphatic imine (C=N–C) groups is 1. The van der Waals surface area contributed by atoms with Crippen LogP contribution in [0.5, 0.6) is 0 Å². The molecule has 7 heteroatoms. The van der Waals surface area contributed by atoms with Crippen LogP contribution < -0.4 is 16.8 Å². The minimum atomic E-state index is -1.14. The molecule has 0 radical (unpaired) electrons. The molecule has 2 aromatic heterocycles. The van der Waals surface area contributed by atoms with Gasteiger partial charge in [-0.05, 0) is 13.0 Å². The molecular formula is C14H14N6O. The highest BCUT2D eigenvalue weighted by Crippen LogP contribution is 2.32. The van der Waals surface area contributed by atoms with Crippen molar-refractivity contribution < 1.29 is 4.42 Å². The van der Waals surface area contributed by atoms with Crippen molar-refractivity contribution in [3.05, 3.63) is 47.5 Å². The molecule has 1 aliphatic heterocycles. The summed E-state index contributed by atoms with van der Waals surface area (Å²) in [6.45, 7) is 1.97. The van der Waals surface area contributed by atoms with E-state index < -0.39 is 5.79 Å². The van der Waals surface area contributed by atoms with E-state index in [2.05, 4.69) is 20.5 Å². The molecule has 1 aliphatic rings. The zero-order valence-corrected chi connectivity index (χ0v) is 11.3. The normalized spacial score (nSPS) is 21.0. The lowest BCUT2D eigenvalue weighted by Gasteiger charge is -2.31. The number of hydrogen-bond donors (Lipinski definition) is 4. The molecule has 7 nitrogen and oxygen atoms in total. The van der Waals surface area contributed by atoms with Crippen LogP contribution in [0.2, 0.25) is 0 Å². The number of aromatic nitrogens is 2. The number of anilines is 1. The summed E-state index contributed by atoms with van der Waals surface area (Å²) in [7, 11) is 0. The monoisotopic (exact) mass is 282 g/mol. The fraction of sp³-hybridized carbons (Fsp3) is 0.143. The number of nitrogens with zero attached hydrogens (tertiary/aromatic N) is 2. The molecule has 3 heterocycles. The molecule has 1 unspecified atom stereocenters. The van der Waals surface area contributed by atoms with Crippen molar-refractivity contribution >= 4 is 22.4 Å². The Labute approximate surface area is 120 Å². The van der Waals surface area contributed by atoms with Gasteiger partial charge >= 0.3 is 0 Å². The van der Waals surface area contributed by atoms with Crippen LogP contribution in [0, 0.1) is 6.92 Å².